The predicted molar refractivity (Wildman–Crippen MR) is 111 cm³/mol. The van der Waals surface area contributed by atoms with Gasteiger partial charge < -0.3 is 0 Å². The van der Waals surface area contributed by atoms with Crippen molar-refractivity contribution >= 4 is 12.2 Å². The summed E-state index contributed by atoms with van der Waals surface area (Å²) in [5, 5.41) is 13.7. The van der Waals surface area contributed by atoms with Crippen molar-refractivity contribution in [1.29, 1.82) is 5.26 Å². The van der Waals surface area contributed by atoms with Crippen LogP contribution in [0.25, 0.3) is 0 Å². The number of benzene rings is 1. The highest BCUT2D eigenvalue weighted by Crippen LogP contribution is 2.39. The summed E-state index contributed by atoms with van der Waals surface area (Å²) in [6, 6.07) is 10.1. The first-order valence-electron chi connectivity index (χ1n) is 9.90. The molecule has 0 radical (unpaired) electrons. The van der Waals surface area contributed by atoms with E-state index in [4.69, 9.17) is 22.6 Å². The Bertz CT molecular complexity index is 923. The largest absolute Gasteiger partial charge is 0.300 e. The van der Waals surface area contributed by atoms with Crippen LogP contribution in [0.5, 0.6) is 0 Å². The van der Waals surface area contributed by atoms with Crippen LogP contribution in [0.1, 0.15) is 35.7 Å². The van der Waals surface area contributed by atoms with Gasteiger partial charge in [0.05, 0.1) is 18.3 Å². The second-order valence-electron chi connectivity index (χ2n) is 7.66. The molecule has 0 amide bonds. The zero-order chi connectivity index (χ0) is 19.5. The van der Waals surface area contributed by atoms with E-state index in [0.29, 0.717) is 11.5 Å². The van der Waals surface area contributed by atoms with Gasteiger partial charge in [0.15, 0.2) is 4.77 Å². The molecule has 1 saturated carbocycles. The number of rotatable bonds is 7. The lowest BCUT2D eigenvalue weighted by Crippen LogP contribution is -2.46. The van der Waals surface area contributed by atoms with E-state index in [1.165, 1.54) is 18.4 Å². The number of nitrogens with zero attached hydrogens (tertiary/aromatic N) is 6. The molecule has 2 aliphatic rings. The molecule has 2 aromatic rings. The van der Waals surface area contributed by atoms with Crippen LogP contribution in [0.15, 0.2) is 36.9 Å². The van der Waals surface area contributed by atoms with E-state index in [2.05, 4.69) is 39.1 Å². The first-order chi connectivity index (χ1) is 13.7. The molecule has 6 nitrogen and oxygen atoms in total. The van der Waals surface area contributed by atoms with E-state index in [1.54, 1.807) is 0 Å². The minimum absolute atomic E-state index is 0.576. The van der Waals surface area contributed by atoms with Crippen molar-refractivity contribution in [2.75, 3.05) is 26.2 Å². The van der Waals surface area contributed by atoms with Crippen LogP contribution in [0.3, 0.4) is 0 Å². The molecule has 28 heavy (non-hydrogen) atoms. The molecule has 0 spiro atoms. The molecule has 4 rings (SSSR count). The highest BCUT2D eigenvalue weighted by atomic mass is 32.1. The van der Waals surface area contributed by atoms with Gasteiger partial charge >= 0.3 is 0 Å². The molecule has 1 aromatic heterocycles. The average Bonchev–Trinajstić information content (AvgIpc) is 3.52. The topological polar surface area (TPSA) is 53.0 Å². The van der Waals surface area contributed by atoms with E-state index in [9.17, 15) is 0 Å². The van der Waals surface area contributed by atoms with Gasteiger partial charge in [-0.15, -0.1) is 6.58 Å². The van der Waals surface area contributed by atoms with Crippen molar-refractivity contribution in [2.45, 2.75) is 38.5 Å². The number of hydrogen-bond acceptors (Lipinski definition) is 5. The number of aromatic nitrogens is 3. The first-order valence-corrected chi connectivity index (χ1v) is 10.3. The van der Waals surface area contributed by atoms with Gasteiger partial charge in [-0.25, -0.2) is 4.68 Å². The molecule has 2 heterocycles. The molecule has 146 valence electrons. The van der Waals surface area contributed by atoms with E-state index in [-0.39, 0.29) is 0 Å². The van der Waals surface area contributed by atoms with Crippen molar-refractivity contribution in [2.24, 2.45) is 0 Å². The Kier molecular flexibility index (Phi) is 5.72. The third kappa shape index (κ3) is 4.25. The molecule has 0 atom stereocenters. The van der Waals surface area contributed by atoms with Crippen LogP contribution in [-0.4, -0.2) is 50.3 Å². The van der Waals surface area contributed by atoms with Crippen molar-refractivity contribution in [3.63, 3.8) is 0 Å². The van der Waals surface area contributed by atoms with Crippen molar-refractivity contribution in [1.82, 2.24) is 24.1 Å². The summed E-state index contributed by atoms with van der Waals surface area (Å²) in [4.78, 5) is 4.89. The van der Waals surface area contributed by atoms with E-state index in [1.807, 2.05) is 22.9 Å². The first kappa shape index (κ1) is 19.1. The van der Waals surface area contributed by atoms with Gasteiger partial charge in [-0.3, -0.25) is 14.4 Å². The SMILES string of the molecule is C=CCn1c(C2CC2)nn(CN2CCN(Cc3ccc(C#N)cc3)CC2)c1=S. The van der Waals surface area contributed by atoms with Crippen LogP contribution in [0.2, 0.25) is 0 Å². The lowest BCUT2D eigenvalue weighted by atomic mass is 10.1. The number of hydrogen-bond donors (Lipinski definition) is 0. The number of nitriles is 1. The average molecular weight is 395 g/mol. The Labute approximate surface area is 171 Å². The van der Waals surface area contributed by atoms with Crippen LogP contribution in [-0.2, 0) is 19.8 Å². The summed E-state index contributed by atoms with van der Waals surface area (Å²) in [7, 11) is 0. The van der Waals surface area contributed by atoms with E-state index in [0.717, 1.165) is 56.5 Å². The number of piperazine rings is 1. The molecule has 1 aromatic carbocycles. The fraction of sp³-hybridized carbons (Fsp3) is 0.476. The summed E-state index contributed by atoms with van der Waals surface area (Å²) < 4.78 is 4.94. The Morgan fingerprint density at radius 1 is 1.14 bits per heavy atom. The van der Waals surface area contributed by atoms with Gasteiger partial charge in [0.25, 0.3) is 0 Å². The van der Waals surface area contributed by atoms with Crippen LogP contribution in [0.4, 0.5) is 0 Å². The Hall–Kier alpha value is -2.27. The molecule has 1 aliphatic carbocycles. The van der Waals surface area contributed by atoms with Crippen LogP contribution >= 0.6 is 12.2 Å². The smallest absolute Gasteiger partial charge is 0.199 e. The maximum absolute atomic E-state index is 8.92. The summed E-state index contributed by atoms with van der Waals surface area (Å²) in [6.07, 6.45) is 4.34. The molecule has 2 fully saturated rings. The lowest BCUT2D eigenvalue weighted by molar-refractivity contribution is 0.0979. The molecular weight excluding hydrogens is 368 g/mol. The molecule has 1 aliphatic heterocycles. The zero-order valence-electron chi connectivity index (χ0n) is 16.1. The Morgan fingerprint density at radius 2 is 1.82 bits per heavy atom. The molecule has 0 bridgehead atoms. The highest BCUT2D eigenvalue weighted by Gasteiger charge is 2.30. The summed E-state index contributed by atoms with van der Waals surface area (Å²) in [5.74, 6) is 1.71. The quantitative estimate of drug-likeness (QED) is 0.533. The van der Waals surface area contributed by atoms with Crippen LogP contribution in [0, 0.1) is 16.1 Å². The lowest BCUT2D eigenvalue weighted by Gasteiger charge is -2.34. The fourth-order valence-electron chi connectivity index (χ4n) is 3.72. The third-order valence-corrected chi connectivity index (χ3v) is 5.92. The van der Waals surface area contributed by atoms with Crippen molar-refractivity contribution < 1.29 is 0 Å². The summed E-state index contributed by atoms with van der Waals surface area (Å²) >= 11 is 5.68. The molecular formula is C21H26N6S. The van der Waals surface area contributed by atoms with E-state index < -0.39 is 0 Å². The highest BCUT2D eigenvalue weighted by molar-refractivity contribution is 7.71. The molecule has 0 N–H and O–H groups in total. The van der Waals surface area contributed by atoms with Gasteiger partial charge in [-0.2, -0.15) is 10.4 Å². The van der Waals surface area contributed by atoms with E-state index >= 15 is 0 Å². The van der Waals surface area contributed by atoms with Gasteiger partial charge in [0, 0.05) is 45.2 Å². The third-order valence-electron chi connectivity index (χ3n) is 5.49. The zero-order valence-corrected chi connectivity index (χ0v) is 16.9. The second-order valence-corrected chi connectivity index (χ2v) is 8.02. The minimum atomic E-state index is 0.576. The van der Waals surface area contributed by atoms with Gasteiger partial charge in [-0.1, -0.05) is 18.2 Å². The monoisotopic (exact) mass is 394 g/mol. The van der Waals surface area contributed by atoms with Crippen LogP contribution < -0.4 is 0 Å². The van der Waals surface area contributed by atoms with Crippen molar-refractivity contribution in [3.8, 4) is 6.07 Å². The standard InChI is InChI=1S/C21H26N6S/c1-2-9-26-20(19-7-8-19)23-27(21(26)28)16-25-12-10-24(11-13-25)15-18-5-3-17(14-22)4-6-18/h2-6,19H,1,7-13,15-16H2. The maximum Gasteiger partial charge on any atom is 0.199 e. The molecule has 1 saturated heterocycles. The minimum Gasteiger partial charge on any atom is -0.300 e. The maximum atomic E-state index is 8.92. The van der Waals surface area contributed by atoms with Gasteiger partial charge in [-0.05, 0) is 42.8 Å². The second kappa shape index (κ2) is 8.39. The summed E-state index contributed by atoms with van der Waals surface area (Å²) in [5.41, 5.74) is 1.97. The predicted octanol–water partition coefficient (Wildman–Crippen LogP) is 3.12. The summed E-state index contributed by atoms with van der Waals surface area (Å²) in [6.45, 7) is 10.3. The Morgan fingerprint density at radius 3 is 2.43 bits per heavy atom. The van der Waals surface area contributed by atoms with Gasteiger partial charge in [0.1, 0.15) is 5.82 Å². The fourth-order valence-corrected chi connectivity index (χ4v) is 3.98. The van der Waals surface area contributed by atoms with Crippen molar-refractivity contribution in [3.05, 3.63) is 58.6 Å². The Balaban J connectivity index is 1.34. The molecule has 0 unspecified atom stereocenters. The molecule has 7 heteroatoms. The normalized spacial score (nSPS) is 18.1. The van der Waals surface area contributed by atoms with Gasteiger partial charge in [0.2, 0.25) is 0 Å². The number of allylic oxidation sites excluding steroid dienone is 1.